The van der Waals surface area contributed by atoms with E-state index in [0.717, 1.165) is 32.7 Å². The maximum Gasteiger partial charge on any atom is 0.0809 e. The molecular weight excluding hydrogens is 312 g/mol. The van der Waals surface area contributed by atoms with E-state index in [2.05, 4.69) is 35.6 Å². The van der Waals surface area contributed by atoms with Crippen molar-refractivity contribution < 1.29 is 4.74 Å². The molecule has 4 rings (SSSR count). The van der Waals surface area contributed by atoms with Gasteiger partial charge in [-0.2, -0.15) is 5.10 Å². The fraction of sp³-hybridized carbons (Fsp3) is 0.850. The van der Waals surface area contributed by atoms with Crippen LogP contribution >= 0.6 is 0 Å². The maximum absolute atomic E-state index is 6.44. The summed E-state index contributed by atoms with van der Waals surface area (Å²) in [6.45, 7) is 4.06. The minimum Gasteiger partial charge on any atom is -0.372 e. The van der Waals surface area contributed by atoms with Crippen LogP contribution in [0.1, 0.15) is 55.5 Å². The van der Waals surface area contributed by atoms with Crippen LogP contribution in [0.25, 0.3) is 0 Å². The first-order valence-electron chi connectivity index (χ1n) is 10.1. The molecule has 1 saturated heterocycles. The summed E-state index contributed by atoms with van der Waals surface area (Å²) in [6.07, 6.45) is 10.1. The Kier molecular flexibility index (Phi) is 4.91. The molecule has 0 radical (unpaired) electrons. The van der Waals surface area contributed by atoms with Gasteiger partial charge in [-0.05, 0) is 58.2 Å². The van der Waals surface area contributed by atoms with Gasteiger partial charge >= 0.3 is 0 Å². The molecule has 1 aromatic heterocycles. The van der Waals surface area contributed by atoms with Gasteiger partial charge in [0.25, 0.3) is 0 Å². The summed E-state index contributed by atoms with van der Waals surface area (Å²) >= 11 is 0. The van der Waals surface area contributed by atoms with Crippen LogP contribution in [0.2, 0.25) is 0 Å². The first-order chi connectivity index (χ1) is 12.1. The number of hydrogen-bond acceptors (Lipinski definition) is 4. The van der Waals surface area contributed by atoms with Crippen LogP contribution in [-0.4, -0.2) is 65.0 Å². The van der Waals surface area contributed by atoms with Gasteiger partial charge in [-0.15, -0.1) is 0 Å². The predicted octanol–water partition coefficient (Wildman–Crippen LogP) is 2.37. The molecule has 3 aliphatic rings. The summed E-state index contributed by atoms with van der Waals surface area (Å²) < 4.78 is 8.61. The quantitative estimate of drug-likeness (QED) is 0.838. The largest absolute Gasteiger partial charge is 0.372 e. The predicted molar refractivity (Wildman–Crippen MR) is 99.8 cm³/mol. The highest BCUT2D eigenvalue weighted by atomic mass is 16.5. The van der Waals surface area contributed by atoms with E-state index in [9.17, 15) is 0 Å². The van der Waals surface area contributed by atoms with Gasteiger partial charge in [-0.25, -0.2) is 0 Å². The second kappa shape index (κ2) is 7.01. The number of likely N-dealkylation sites (N-methyl/N-ethyl adjacent to an activating group) is 1. The zero-order chi connectivity index (χ0) is 17.4. The Bertz CT molecular complexity index is 603. The summed E-state index contributed by atoms with van der Waals surface area (Å²) in [5.74, 6) is 0. The molecule has 1 spiro atoms. The Hall–Kier alpha value is -0.910. The van der Waals surface area contributed by atoms with E-state index >= 15 is 0 Å². The Morgan fingerprint density at radius 2 is 1.92 bits per heavy atom. The molecule has 2 heterocycles. The normalized spacial score (nSPS) is 26.5. The third-order valence-electron chi connectivity index (χ3n) is 6.48. The second-order valence-corrected chi connectivity index (χ2v) is 8.72. The monoisotopic (exact) mass is 346 g/mol. The molecule has 140 valence electrons. The van der Waals surface area contributed by atoms with Crippen molar-refractivity contribution in [2.75, 3.05) is 33.8 Å². The van der Waals surface area contributed by atoms with Crippen molar-refractivity contribution in [1.29, 1.82) is 0 Å². The van der Waals surface area contributed by atoms with E-state index in [0.29, 0.717) is 6.04 Å². The highest BCUT2D eigenvalue weighted by molar-refractivity contribution is 5.29. The smallest absolute Gasteiger partial charge is 0.0809 e. The topological polar surface area (TPSA) is 33.5 Å². The van der Waals surface area contributed by atoms with Crippen LogP contribution in [0.4, 0.5) is 0 Å². The number of nitrogens with zero attached hydrogens (tertiary/aromatic N) is 4. The van der Waals surface area contributed by atoms with Crippen molar-refractivity contribution in [1.82, 2.24) is 19.6 Å². The number of rotatable bonds is 4. The molecule has 1 unspecified atom stereocenters. The third-order valence-corrected chi connectivity index (χ3v) is 6.48. The number of ether oxygens (including phenoxy) is 1. The van der Waals surface area contributed by atoms with Gasteiger partial charge in [0.2, 0.25) is 0 Å². The summed E-state index contributed by atoms with van der Waals surface area (Å²) in [5.41, 5.74) is 4.48. The van der Waals surface area contributed by atoms with E-state index in [-0.39, 0.29) is 5.60 Å². The Morgan fingerprint density at radius 3 is 2.68 bits per heavy atom. The number of morpholine rings is 1. The molecule has 5 heteroatoms. The molecule has 1 aliphatic heterocycles. The van der Waals surface area contributed by atoms with E-state index in [1.54, 1.807) is 5.56 Å². The summed E-state index contributed by atoms with van der Waals surface area (Å²) in [4.78, 5) is 5.01. The lowest BCUT2D eigenvalue weighted by atomic mass is 9.94. The Morgan fingerprint density at radius 1 is 1.16 bits per heavy atom. The van der Waals surface area contributed by atoms with E-state index in [4.69, 9.17) is 9.84 Å². The van der Waals surface area contributed by atoms with Crippen molar-refractivity contribution in [2.24, 2.45) is 7.05 Å². The van der Waals surface area contributed by atoms with Crippen LogP contribution in [0.3, 0.4) is 0 Å². The van der Waals surface area contributed by atoms with Gasteiger partial charge in [0, 0.05) is 32.7 Å². The molecular formula is C20H34N4O. The molecule has 0 aromatic carbocycles. The van der Waals surface area contributed by atoms with Gasteiger partial charge in [-0.3, -0.25) is 9.58 Å². The van der Waals surface area contributed by atoms with Crippen LogP contribution < -0.4 is 0 Å². The molecule has 0 N–H and O–H groups in total. The average molecular weight is 347 g/mol. The molecule has 2 fully saturated rings. The molecule has 0 amide bonds. The first-order valence-corrected chi connectivity index (χ1v) is 10.1. The van der Waals surface area contributed by atoms with Gasteiger partial charge in [0.1, 0.15) is 0 Å². The minimum atomic E-state index is 0.126. The second-order valence-electron chi connectivity index (χ2n) is 8.72. The number of aromatic nitrogens is 2. The fourth-order valence-electron chi connectivity index (χ4n) is 5.16. The number of aryl methyl sites for hydroxylation is 2. The SMILES string of the molecule is CN(C)CC1COC2(CCCC2)CN1Cc1c2c(nn1C)CCCC2. The molecule has 5 nitrogen and oxygen atoms in total. The van der Waals surface area contributed by atoms with Gasteiger partial charge in [-0.1, -0.05) is 12.8 Å². The van der Waals surface area contributed by atoms with Crippen molar-refractivity contribution in [3.8, 4) is 0 Å². The van der Waals surface area contributed by atoms with E-state index < -0.39 is 0 Å². The lowest BCUT2D eigenvalue weighted by molar-refractivity contribution is -0.136. The summed E-state index contributed by atoms with van der Waals surface area (Å²) in [6, 6.07) is 0.482. The summed E-state index contributed by atoms with van der Waals surface area (Å²) in [7, 11) is 6.48. The van der Waals surface area contributed by atoms with E-state index in [1.807, 2.05) is 0 Å². The molecule has 2 aliphatic carbocycles. The van der Waals surface area contributed by atoms with Gasteiger partial charge in [0.05, 0.1) is 23.6 Å². The first kappa shape index (κ1) is 17.5. The lowest BCUT2D eigenvalue weighted by Crippen LogP contribution is -2.57. The van der Waals surface area contributed by atoms with Gasteiger partial charge in [0.15, 0.2) is 0 Å². The molecule has 1 atom stereocenters. The van der Waals surface area contributed by atoms with Crippen molar-refractivity contribution in [2.45, 2.75) is 69.6 Å². The third kappa shape index (κ3) is 3.51. The van der Waals surface area contributed by atoms with Crippen LogP contribution in [0.5, 0.6) is 0 Å². The fourth-order valence-corrected chi connectivity index (χ4v) is 5.16. The minimum absolute atomic E-state index is 0.126. The summed E-state index contributed by atoms with van der Waals surface area (Å²) in [5, 5.41) is 4.84. The number of fused-ring (bicyclic) bond motifs is 1. The van der Waals surface area contributed by atoms with Gasteiger partial charge < -0.3 is 9.64 Å². The van der Waals surface area contributed by atoms with E-state index in [1.165, 1.54) is 56.3 Å². The molecule has 1 saturated carbocycles. The molecule has 25 heavy (non-hydrogen) atoms. The average Bonchev–Trinajstić information content (AvgIpc) is 3.15. The number of hydrogen-bond donors (Lipinski definition) is 0. The Balaban J connectivity index is 1.57. The highest BCUT2D eigenvalue weighted by Gasteiger charge is 2.43. The van der Waals surface area contributed by atoms with Crippen molar-refractivity contribution >= 4 is 0 Å². The van der Waals surface area contributed by atoms with Crippen molar-refractivity contribution in [3.63, 3.8) is 0 Å². The zero-order valence-electron chi connectivity index (χ0n) is 16.3. The molecule has 0 bridgehead atoms. The van der Waals surface area contributed by atoms with Crippen LogP contribution in [0.15, 0.2) is 0 Å². The maximum atomic E-state index is 6.44. The highest BCUT2D eigenvalue weighted by Crippen LogP contribution is 2.38. The lowest BCUT2D eigenvalue weighted by Gasteiger charge is -2.46. The standard InChI is InChI=1S/C20H34N4O/c1-22(2)12-16-14-25-20(10-6-7-11-20)15-24(16)13-19-17-8-4-5-9-18(17)21-23(19)3/h16H,4-15H2,1-3H3. The van der Waals surface area contributed by atoms with Crippen LogP contribution in [0, 0.1) is 0 Å². The molecule has 1 aromatic rings. The Labute approximate surface area is 152 Å². The zero-order valence-corrected chi connectivity index (χ0v) is 16.3. The van der Waals surface area contributed by atoms with Crippen molar-refractivity contribution in [3.05, 3.63) is 17.0 Å². The van der Waals surface area contributed by atoms with Crippen LogP contribution in [-0.2, 0) is 31.2 Å².